The zero-order chi connectivity index (χ0) is 21.4. The summed E-state index contributed by atoms with van der Waals surface area (Å²) in [6.45, 7) is 6.43. The largest absolute Gasteiger partial charge is 0.433 e. The molecule has 0 radical (unpaired) electrons. The van der Waals surface area contributed by atoms with Crippen molar-refractivity contribution in [3.05, 3.63) is 36.4 Å². The molecule has 9 nitrogen and oxygen atoms in total. The second kappa shape index (κ2) is 10.0. The summed E-state index contributed by atoms with van der Waals surface area (Å²) in [7, 11) is 0. The first kappa shape index (κ1) is 21.5. The molecule has 30 heavy (non-hydrogen) atoms. The Labute approximate surface area is 172 Å². The second-order valence-electron chi connectivity index (χ2n) is 6.45. The third kappa shape index (κ3) is 5.91. The molecule has 0 saturated carbocycles. The van der Waals surface area contributed by atoms with E-state index in [1.165, 1.54) is 0 Å². The van der Waals surface area contributed by atoms with E-state index in [1.54, 1.807) is 18.5 Å². The highest BCUT2D eigenvalue weighted by Crippen LogP contribution is 2.27. The second-order valence-corrected chi connectivity index (χ2v) is 6.45. The summed E-state index contributed by atoms with van der Waals surface area (Å²) in [5.74, 6) is 1.41. The molecule has 0 unspecified atom stereocenters. The summed E-state index contributed by atoms with van der Waals surface area (Å²) in [6, 6.07) is 2.63. The smallest absolute Gasteiger partial charge is 0.357 e. The lowest BCUT2D eigenvalue weighted by atomic mass is 10.3. The molecule has 12 heteroatoms. The summed E-state index contributed by atoms with van der Waals surface area (Å²) >= 11 is 0. The number of aliphatic imine (C=N–C) groups is 1. The first-order valence-electron chi connectivity index (χ1n) is 9.66. The van der Waals surface area contributed by atoms with Crippen molar-refractivity contribution < 1.29 is 13.2 Å². The van der Waals surface area contributed by atoms with Crippen molar-refractivity contribution in [3.63, 3.8) is 0 Å². The van der Waals surface area contributed by atoms with Crippen LogP contribution >= 0.6 is 0 Å². The standard InChI is InChI=1S/C18H24F3N9/c1-2-22-16(29-10-12-30(13-11-29)17-25-5-3-6-26-17)27-9-8-24-15-23-7-4-14(28-15)18(19,20)21/h3-7H,2,8-13H2,1H3,(H,22,27)(H,23,24,28). The monoisotopic (exact) mass is 423 g/mol. The quantitative estimate of drug-likeness (QED) is 0.410. The van der Waals surface area contributed by atoms with Gasteiger partial charge in [0.25, 0.3) is 0 Å². The van der Waals surface area contributed by atoms with Gasteiger partial charge in [0.05, 0.1) is 6.54 Å². The van der Waals surface area contributed by atoms with Crippen LogP contribution in [0.4, 0.5) is 25.1 Å². The van der Waals surface area contributed by atoms with Crippen molar-refractivity contribution in [1.82, 2.24) is 30.2 Å². The highest BCUT2D eigenvalue weighted by atomic mass is 19.4. The van der Waals surface area contributed by atoms with Gasteiger partial charge in [0.15, 0.2) is 5.96 Å². The summed E-state index contributed by atoms with van der Waals surface area (Å²) in [6.07, 6.45) is 0.0345. The average Bonchev–Trinajstić information content (AvgIpc) is 2.76. The van der Waals surface area contributed by atoms with Crippen LogP contribution in [0.5, 0.6) is 0 Å². The molecule has 0 aliphatic carbocycles. The lowest BCUT2D eigenvalue weighted by Crippen LogP contribution is -2.53. The number of rotatable bonds is 6. The summed E-state index contributed by atoms with van der Waals surface area (Å²) in [5.41, 5.74) is -0.975. The van der Waals surface area contributed by atoms with Crippen molar-refractivity contribution in [3.8, 4) is 0 Å². The molecule has 1 aliphatic heterocycles. The number of nitrogens with zero attached hydrogens (tertiary/aromatic N) is 7. The molecule has 2 aromatic heterocycles. The van der Waals surface area contributed by atoms with Crippen LogP contribution in [0.2, 0.25) is 0 Å². The Balaban J connectivity index is 1.51. The molecule has 3 rings (SSSR count). The summed E-state index contributed by atoms with van der Waals surface area (Å²) in [5, 5.41) is 6.04. The molecule has 3 heterocycles. The Bertz CT molecular complexity index is 821. The van der Waals surface area contributed by atoms with E-state index in [9.17, 15) is 13.2 Å². The zero-order valence-corrected chi connectivity index (χ0v) is 16.6. The van der Waals surface area contributed by atoms with Gasteiger partial charge in [-0.3, -0.25) is 4.99 Å². The highest BCUT2D eigenvalue weighted by molar-refractivity contribution is 5.80. The molecule has 2 N–H and O–H groups in total. The van der Waals surface area contributed by atoms with Crippen LogP contribution in [0.3, 0.4) is 0 Å². The maximum atomic E-state index is 12.7. The van der Waals surface area contributed by atoms with E-state index in [1.807, 2.05) is 6.92 Å². The number of anilines is 2. The third-order valence-electron chi connectivity index (χ3n) is 4.35. The molecular weight excluding hydrogens is 399 g/mol. The molecule has 0 amide bonds. The predicted molar refractivity (Wildman–Crippen MR) is 107 cm³/mol. The van der Waals surface area contributed by atoms with Crippen LogP contribution in [0.25, 0.3) is 0 Å². The topological polar surface area (TPSA) is 94.5 Å². The van der Waals surface area contributed by atoms with Gasteiger partial charge in [-0.2, -0.15) is 13.2 Å². The molecule has 2 aromatic rings. The fraction of sp³-hybridized carbons (Fsp3) is 0.500. The Hall–Kier alpha value is -3.18. The van der Waals surface area contributed by atoms with E-state index in [4.69, 9.17) is 0 Å². The maximum absolute atomic E-state index is 12.7. The Morgan fingerprint density at radius 1 is 1.10 bits per heavy atom. The summed E-state index contributed by atoms with van der Waals surface area (Å²) in [4.78, 5) is 24.7. The Morgan fingerprint density at radius 2 is 1.83 bits per heavy atom. The number of alkyl halides is 3. The minimum Gasteiger partial charge on any atom is -0.357 e. The summed E-state index contributed by atoms with van der Waals surface area (Å²) < 4.78 is 38.2. The predicted octanol–water partition coefficient (Wildman–Crippen LogP) is 1.48. The van der Waals surface area contributed by atoms with Crippen LogP contribution in [-0.4, -0.2) is 76.6 Å². The fourth-order valence-electron chi connectivity index (χ4n) is 2.93. The first-order chi connectivity index (χ1) is 14.5. The van der Waals surface area contributed by atoms with E-state index in [0.717, 1.165) is 44.4 Å². The van der Waals surface area contributed by atoms with Crippen molar-refractivity contribution in [2.75, 3.05) is 56.0 Å². The molecule has 1 aliphatic rings. The van der Waals surface area contributed by atoms with Gasteiger partial charge in [0.2, 0.25) is 11.9 Å². The Kier molecular flexibility index (Phi) is 7.20. The van der Waals surface area contributed by atoms with Crippen LogP contribution in [-0.2, 0) is 6.18 Å². The van der Waals surface area contributed by atoms with Gasteiger partial charge in [0.1, 0.15) is 5.69 Å². The molecule has 162 valence electrons. The molecule has 0 atom stereocenters. The van der Waals surface area contributed by atoms with Crippen LogP contribution < -0.4 is 15.5 Å². The van der Waals surface area contributed by atoms with Crippen molar-refractivity contribution >= 4 is 17.9 Å². The lowest BCUT2D eigenvalue weighted by molar-refractivity contribution is -0.141. The maximum Gasteiger partial charge on any atom is 0.433 e. The van der Waals surface area contributed by atoms with E-state index in [0.29, 0.717) is 25.6 Å². The van der Waals surface area contributed by atoms with Crippen LogP contribution in [0.15, 0.2) is 35.7 Å². The van der Waals surface area contributed by atoms with Gasteiger partial charge in [-0.1, -0.05) is 0 Å². The van der Waals surface area contributed by atoms with Crippen LogP contribution in [0, 0.1) is 0 Å². The van der Waals surface area contributed by atoms with Gasteiger partial charge >= 0.3 is 6.18 Å². The third-order valence-corrected chi connectivity index (χ3v) is 4.35. The van der Waals surface area contributed by atoms with Gasteiger partial charge in [-0.15, -0.1) is 0 Å². The van der Waals surface area contributed by atoms with Crippen LogP contribution in [0.1, 0.15) is 12.6 Å². The molecule has 0 bridgehead atoms. The minimum atomic E-state index is -4.50. The first-order valence-corrected chi connectivity index (χ1v) is 9.66. The number of guanidine groups is 1. The van der Waals surface area contributed by atoms with E-state index >= 15 is 0 Å². The van der Waals surface area contributed by atoms with E-state index in [2.05, 4.69) is 45.4 Å². The van der Waals surface area contributed by atoms with Gasteiger partial charge < -0.3 is 20.4 Å². The number of aromatic nitrogens is 4. The normalized spacial score (nSPS) is 15.3. The highest BCUT2D eigenvalue weighted by Gasteiger charge is 2.32. The number of piperazine rings is 1. The molecule has 1 fully saturated rings. The molecule has 1 saturated heterocycles. The van der Waals surface area contributed by atoms with Crippen molar-refractivity contribution in [2.24, 2.45) is 4.99 Å². The number of nitrogens with one attached hydrogen (secondary N) is 2. The van der Waals surface area contributed by atoms with Gasteiger partial charge in [-0.05, 0) is 19.1 Å². The van der Waals surface area contributed by atoms with E-state index < -0.39 is 11.9 Å². The number of hydrogen-bond donors (Lipinski definition) is 2. The number of halogens is 3. The molecular formula is C18H24F3N9. The van der Waals surface area contributed by atoms with Gasteiger partial charge in [-0.25, -0.2) is 19.9 Å². The Morgan fingerprint density at radius 3 is 2.50 bits per heavy atom. The van der Waals surface area contributed by atoms with E-state index in [-0.39, 0.29) is 5.95 Å². The zero-order valence-electron chi connectivity index (χ0n) is 16.6. The SMILES string of the molecule is CCNC(=NCCNc1nccc(C(F)(F)F)n1)N1CCN(c2ncccn2)CC1. The fourth-order valence-corrected chi connectivity index (χ4v) is 2.93. The van der Waals surface area contributed by atoms with Gasteiger partial charge in [0, 0.05) is 57.9 Å². The van der Waals surface area contributed by atoms with Crippen molar-refractivity contribution in [1.29, 1.82) is 0 Å². The average molecular weight is 423 g/mol. The minimum absolute atomic E-state index is 0.0681. The number of hydrogen-bond acceptors (Lipinski definition) is 7. The molecule has 0 aromatic carbocycles. The molecule has 0 spiro atoms. The van der Waals surface area contributed by atoms with Crippen molar-refractivity contribution in [2.45, 2.75) is 13.1 Å². The lowest BCUT2D eigenvalue weighted by Gasteiger charge is -2.36.